The lowest BCUT2D eigenvalue weighted by Gasteiger charge is -2.30. The van der Waals surface area contributed by atoms with Gasteiger partial charge in [0.15, 0.2) is 0 Å². The summed E-state index contributed by atoms with van der Waals surface area (Å²) in [5.74, 6) is 0.452. The molecule has 0 aliphatic heterocycles. The van der Waals surface area contributed by atoms with Gasteiger partial charge in [0.05, 0.1) is 0 Å². The van der Waals surface area contributed by atoms with Crippen molar-refractivity contribution in [2.24, 2.45) is 5.92 Å². The van der Waals surface area contributed by atoms with Crippen LogP contribution in [0.3, 0.4) is 0 Å². The van der Waals surface area contributed by atoms with Crippen LogP contribution in [0.25, 0.3) is 0 Å². The van der Waals surface area contributed by atoms with E-state index in [0.717, 1.165) is 6.54 Å². The van der Waals surface area contributed by atoms with E-state index >= 15 is 0 Å². The summed E-state index contributed by atoms with van der Waals surface area (Å²) < 4.78 is 1.21. The second-order valence-corrected chi connectivity index (χ2v) is 7.03. The fraction of sp³-hybridized carbons (Fsp3) is 0.692. The number of thiophene rings is 1. The highest BCUT2D eigenvalue weighted by Crippen LogP contribution is 2.28. The predicted molar refractivity (Wildman–Crippen MR) is 76.4 cm³/mol. The molecule has 1 aromatic heterocycles. The Kier molecular flexibility index (Phi) is 5.03. The van der Waals surface area contributed by atoms with Gasteiger partial charge in [0.1, 0.15) is 0 Å². The minimum atomic E-state index is 0.324. The van der Waals surface area contributed by atoms with E-state index in [4.69, 9.17) is 0 Å². The van der Waals surface area contributed by atoms with Crippen LogP contribution in [0, 0.1) is 12.8 Å². The van der Waals surface area contributed by atoms with Gasteiger partial charge in [-0.2, -0.15) is 0 Å². The van der Waals surface area contributed by atoms with Crippen LogP contribution < -0.4 is 5.32 Å². The molecule has 2 nitrogen and oxygen atoms in total. The number of aliphatic hydroxyl groups excluding tert-OH is 1. The molecular formula is C13H20BrNOS. The second kappa shape index (κ2) is 6.32. The molecule has 2 rings (SSSR count). The van der Waals surface area contributed by atoms with Gasteiger partial charge in [0, 0.05) is 33.4 Å². The maximum absolute atomic E-state index is 9.36. The first-order valence-corrected chi connectivity index (χ1v) is 7.90. The summed E-state index contributed by atoms with van der Waals surface area (Å²) in [6.45, 7) is 3.39. The fourth-order valence-corrected chi connectivity index (χ4v) is 4.08. The first-order valence-electron chi connectivity index (χ1n) is 6.29. The molecule has 0 amide bonds. The molecule has 0 spiro atoms. The van der Waals surface area contributed by atoms with Gasteiger partial charge in [-0.05, 0) is 47.7 Å². The molecule has 0 bridgehead atoms. The number of nitrogens with one attached hydrogen (secondary N) is 1. The minimum absolute atomic E-state index is 0.324. The molecule has 2 N–H and O–H groups in total. The van der Waals surface area contributed by atoms with Crippen LogP contribution >= 0.6 is 27.3 Å². The molecule has 1 aromatic rings. The maximum atomic E-state index is 9.36. The van der Waals surface area contributed by atoms with Crippen LogP contribution in [0.5, 0.6) is 0 Å². The highest BCUT2D eigenvalue weighted by Gasteiger charge is 2.23. The highest BCUT2D eigenvalue weighted by atomic mass is 79.9. The van der Waals surface area contributed by atoms with E-state index in [2.05, 4.69) is 34.2 Å². The van der Waals surface area contributed by atoms with Crippen LogP contribution in [0.2, 0.25) is 0 Å². The van der Waals surface area contributed by atoms with Crippen molar-refractivity contribution in [2.75, 3.05) is 6.61 Å². The average Bonchev–Trinajstić information content (AvgIpc) is 2.66. The summed E-state index contributed by atoms with van der Waals surface area (Å²) in [5.41, 5.74) is 0. The standard InChI is InChI=1S/C13H20BrNOS/c1-9-12(14)6-11(17-9)7-15-13-5-3-2-4-10(13)8-16/h6,10,13,15-16H,2-5,7-8H2,1H3. The van der Waals surface area contributed by atoms with Crippen molar-refractivity contribution >= 4 is 27.3 Å². The molecule has 1 fully saturated rings. The van der Waals surface area contributed by atoms with Gasteiger partial charge in [-0.25, -0.2) is 0 Å². The summed E-state index contributed by atoms with van der Waals surface area (Å²) in [5, 5.41) is 13.0. The van der Waals surface area contributed by atoms with Crippen LogP contribution in [0.15, 0.2) is 10.5 Å². The van der Waals surface area contributed by atoms with E-state index in [1.54, 1.807) is 0 Å². The number of aliphatic hydroxyl groups is 1. The zero-order valence-electron chi connectivity index (χ0n) is 10.2. The number of halogens is 1. The Morgan fingerprint density at radius 1 is 1.47 bits per heavy atom. The summed E-state index contributed by atoms with van der Waals surface area (Å²) in [6.07, 6.45) is 4.94. The van der Waals surface area contributed by atoms with Crippen molar-refractivity contribution < 1.29 is 5.11 Å². The van der Waals surface area contributed by atoms with Crippen molar-refractivity contribution in [1.29, 1.82) is 0 Å². The molecule has 0 aromatic carbocycles. The normalized spacial score (nSPS) is 25.1. The highest BCUT2D eigenvalue weighted by molar-refractivity contribution is 9.10. The molecule has 0 saturated heterocycles. The molecule has 17 heavy (non-hydrogen) atoms. The fourth-order valence-electron chi connectivity index (χ4n) is 2.53. The van der Waals surface area contributed by atoms with Crippen molar-refractivity contribution in [3.8, 4) is 0 Å². The largest absolute Gasteiger partial charge is 0.396 e. The second-order valence-electron chi connectivity index (χ2n) is 4.83. The Bertz CT molecular complexity index is 347. The van der Waals surface area contributed by atoms with E-state index in [0.29, 0.717) is 18.6 Å². The summed E-state index contributed by atoms with van der Waals surface area (Å²) in [7, 11) is 0. The quantitative estimate of drug-likeness (QED) is 0.891. The molecule has 2 unspecified atom stereocenters. The predicted octanol–water partition coefficient (Wildman–Crippen LogP) is 3.46. The van der Waals surface area contributed by atoms with Gasteiger partial charge in [0.2, 0.25) is 0 Å². The maximum Gasteiger partial charge on any atom is 0.0474 e. The Balaban J connectivity index is 1.88. The lowest BCUT2D eigenvalue weighted by atomic mass is 9.85. The van der Waals surface area contributed by atoms with Gasteiger partial charge in [0.25, 0.3) is 0 Å². The number of rotatable bonds is 4. The summed E-state index contributed by atoms with van der Waals surface area (Å²) in [4.78, 5) is 2.71. The van der Waals surface area contributed by atoms with Crippen molar-refractivity contribution in [2.45, 2.75) is 45.2 Å². The van der Waals surface area contributed by atoms with E-state index in [9.17, 15) is 5.11 Å². The molecule has 4 heteroatoms. The van der Waals surface area contributed by atoms with Gasteiger partial charge in [-0.15, -0.1) is 11.3 Å². The molecule has 0 radical (unpaired) electrons. The van der Waals surface area contributed by atoms with Crippen molar-refractivity contribution in [3.63, 3.8) is 0 Å². The minimum Gasteiger partial charge on any atom is -0.396 e. The zero-order valence-corrected chi connectivity index (χ0v) is 12.6. The third-order valence-electron chi connectivity index (χ3n) is 3.59. The molecule has 1 saturated carbocycles. The topological polar surface area (TPSA) is 32.3 Å². The smallest absolute Gasteiger partial charge is 0.0474 e. The van der Waals surface area contributed by atoms with Crippen LogP contribution in [-0.2, 0) is 6.54 Å². The van der Waals surface area contributed by atoms with Crippen LogP contribution in [0.4, 0.5) is 0 Å². The third kappa shape index (κ3) is 3.53. The average molecular weight is 318 g/mol. The van der Waals surface area contributed by atoms with Gasteiger partial charge >= 0.3 is 0 Å². The van der Waals surface area contributed by atoms with E-state index < -0.39 is 0 Å². The van der Waals surface area contributed by atoms with Gasteiger partial charge in [-0.3, -0.25) is 0 Å². The zero-order chi connectivity index (χ0) is 12.3. The summed E-state index contributed by atoms with van der Waals surface area (Å²) >= 11 is 5.39. The molecule has 1 heterocycles. The Morgan fingerprint density at radius 2 is 2.24 bits per heavy atom. The van der Waals surface area contributed by atoms with Crippen LogP contribution in [0.1, 0.15) is 35.4 Å². The number of hydrogen-bond acceptors (Lipinski definition) is 3. The SMILES string of the molecule is Cc1sc(CNC2CCCCC2CO)cc1Br. The van der Waals surface area contributed by atoms with E-state index in [1.807, 2.05) is 11.3 Å². The molecule has 2 atom stereocenters. The molecule has 1 aliphatic rings. The first-order chi connectivity index (χ1) is 8.20. The number of aryl methyl sites for hydroxylation is 1. The van der Waals surface area contributed by atoms with Crippen molar-refractivity contribution in [1.82, 2.24) is 5.32 Å². The Morgan fingerprint density at radius 3 is 2.88 bits per heavy atom. The molecular weight excluding hydrogens is 298 g/mol. The lowest BCUT2D eigenvalue weighted by molar-refractivity contribution is 0.152. The molecule has 96 valence electrons. The van der Waals surface area contributed by atoms with Gasteiger partial charge in [-0.1, -0.05) is 12.8 Å². The van der Waals surface area contributed by atoms with Crippen LogP contribution in [-0.4, -0.2) is 17.8 Å². The monoisotopic (exact) mass is 317 g/mol. The van der Waals surface area contributed by atoms with Gasteiger partial charge < -0.3 is 10.4 Å². The lowest BCUT2D eigenvalue weighted by Crippen LogP contribution is -2.39. The summed E-state index contributed by atoms with van der Waals surface area (Å²) in [6, 6.07) is 2.69. The third-order valence-corrected chi connectivity index (χ3v) is 5.73. The molecule has 1 aliphatic carbocycles. The Hall–Kier alpha value is 0.100. The van der Waals surface area contributed by atoms with E-state index in [1.165, 1.54) is 39.9 Å². The first kappa shape index (κ1) is 13.5. The van der Waals surface area contributed by atoms with E-state index in [-0.39, 0.29) is 0 Å². The van der Waals surface area contributed by atoms with Crippen molar-refractivity contribution in [3.05, 3.63) is 20.3 Å². The number of hydrogen-bond donors (Lipinski definition) is 2. The Labute approximate surface area is 116 Å².